The van der Waals surface area contributed by atoms with Gasteiger partial charge in [0.25, 0.3) is 0 Å². The molecule has 0 saturated carbocycles. The number of anilines is 1. The molecule has 47 heavy (non-hydrogen) atoms. The van der Waals surface area contributed by atoms with Crippen LogP contribution in [0.15, 0.2) is 66.7 Å². The molecule has 11 nitrogen and oxygen atoms in total. The van der Waals surface area contributed by atoms with Crippen LogP contribution in [-0.4, -0.2) is 63.7 Å². The molecule has 0 unspecified atom stereocenters. The molecule has 2 amide bonds. The SMILES string of the molecule is Cc1cc(NC(=O)OC(C)(C)C)nc(C)c1CN1CCC(C(=O)[C@@H](N)Cc2ccccc2)(C(=O)[C@@H](N)Cc2ccccc2)[C@H]1C(N)=O. The molecular formula is C36H46N6O5. The molecule has 3 aromatic rings. The van der Waals surface area contributed by atoms with Crippen LogP contribution >= 0.6 is 0 Å². The standard InChI is InChI=1S/C36H46N6O5/c1-22-18-29(41-34(46)47-35(3,4)5)40-23(2)26(22)21-42-17-16-36(30(42)33(39)45,31(43)27(37)19-24-12-8-6-9-13-24)32(44)28(38)20-25-14-10-7-11-15-25/h6-15,18,27-28,30H,16-17,19-21,37-38H2,1-5H3,(H2,39,45)(H,40,41,46)/t27-,28-,30+/m0/s1. The van der Waals surface area contributed by atoms with Gasteiger partial charge in [0.2, 0.25) is 5.91 Å². The van der Waals surface area contributed by atoms with E-state index in [9.17, 15) is 19.2 Å². The molecule has 1 saturated heterocycles. The zero-order valence-electron chi connectivity index (χ0n) is 27.8. The van der Waals surface area contributed by atoms with E-state index in [1.165, 1.54) is 0 Å². The van der Waals surface area contributed by atoms with Crippen LogP contribution in [0.2, 0.25) is 0 Å². The number of nitrogens with two attached hydrogens (primary N) is 3. The minimum atomic E-state index is -1.85. The number of rotatable bonds is 12. The van der Waals surface area contributed by atoms with E-state index in [1.54, 1.807) is 38.7 Å². The highest BCUT2D eigenvalue weighted by Crippen LogP contribution is 2.42. The van der Waals surface area contributed by atoms with Crippen molar-refractivity contribution in [3.05, 3.63) is 94.7 Å². The highest BCUT2D eigenvalue weighted by Gasteiger charge is 2.61. The minimum absolute atomic E-state index is 0.0348. The summed E-state index contributed by atoms with van der Waals surface area (Å²) in [5.41, 5.74) is 20.4. The topological polar surface area (TPSA) is 184 Å². The quantitative estimate of drug-likeness (QED) is 0.215. The second kappa shape index (κ2) is 14.5. The monoisotopic (exact) mass is 642 g/mol. The number of ketones is 2. The molecule has 2 aromatic carbocycles. The Kier molecular flexibility index (Phi) is 11.0. The summed E-state index contributed by atoms with van der Waals surface area (Å²) in [4.78, 5) is 60.9. The number of primary amides is 1. The van der Waals surface area contributed by atoms with E-state index in [0.717, 1.165) is 22.3 Å². The molecule has 1 fully saturated rings. The number of benzene rings is 2. The molecule has 7 N–H and O–H groups in total. The van der Waals surface area contributed by atoms with Gasteiger partial charge in [-0.2, -0.15) is 0 Å². The van der Waals surface area contributed by atoms with Gasteiger partial charge in [-0.15, -0.1) is 0 Å². The van der Waals surface area contributed by atoms with Crippen molar-refractivity contribution >= 4 is 29.4 Å². The number of ether oxygens (including phenoxy) is 1. The summed E-state index contributed by atoms with van der Waals surface area (Å²) in [7, 11) is 0. The molecule has 250 valence electrons. The molecule has 1 aliphatic heterocycles. The van der Waals surface area contributed by atoms with Crippen molar-refractivity contribution in [2.24, 2.45) is 22.6 Å². The van der Waals surface area contributed by atoms with Gasteiger partial charge in [-0.3, -0.25) is 24.6 Å². The lowest BCUT2D eigenvalue weighted by Crippen LogP contribution is -2.62. The number of carbonyl (C=O) groups excluding carboxylic acids is 4. The van der Waals surface area contributed by atoms with Crippen molar-refractivity contribution in [1.29, 1.82) is 0 Å². The molecule has 0 radical (unpaired) electrons. The van der Waals surface area contributed by atoms with Crippen LogP contribution in [0.3, 0.4) is 0 Å². The third-order valence-electron chi connectivity index (χ3n) is 8.59. The van der Waals surface area contributed by atoms with E-state index >= 15 is 0 Å². The third-order valence-corrected chi connectivity index (χ3v) is 8.59. The summed E-state index contributed by atoms with van der Waals surface area (Å²) in [6.07, 6.45) is -0.233. The highest BCUT2D eigenvalue weighted by molar-refractivity contribution is 6.15. The fourth-order valence-corrected chi connectivity index (χ4v) is 6.48. The Morgan fingerprint density at radius 3 is 1.89 bits per heavy atom. The summed E-state index contributed by atoms with van der Waals surface area (Å²) in [5, 5.41) is 2.66. The molecule has 0 spiro atoms. The zero-order valence-corrected chi connectivity index (χ0v) is 27.8. The Hall–Kier alpha value is -4.45. The van der Waals surface area contributed by atoms with Gasteiger partial charge in [0.05, 0.1) is 12.1 Å². The molecule has 2 heterocycles. The molecule has 1 aromatic heterocycles. The number of nitrogens with one attached hydrogen (secondary N) is 1. The first-order chi connectivity index (χ1) is 22.1. The number of aryl methyl sites for hydroxylation is 2. The number of hydrogen-bond donors (Lipinski definition) is 4. The van der Waals surface area contributed by atoms with Crippen molar-refractivity contribution in [3.63, 3.8) is 0 Å². The predicted molar refractivity (Wildman–Crippen MR) is 180 cm³/mol. The van der Waals surface area contributed by atoms with E-state index in [0.29, 0.717) is 11.5 Å². The summed E-state index contributed by atoms with van der Waals surface area (Å²) in [5.74, 6) is -1.60. The normalized spacial score (nSPS) is 17.5. The minimum Gasteiger partial charge on any atom is -0.444 e. The fraction of sp³-hybridized carbons (Fsp3) is 0.417. The van der Waals surface area contributed by atoms with E-state index in [-0.39, 0.29) is 32.4 Å². The van der Waals surface area contributed by atoms with Gasteiger partial charge in [-0.25, -0.2) is 9.78 Å². The number of likely N-dealkylation sites (tertiary alicyclic amines) is 1. The Morgan fingerprint density at radius 2 is 1.45 bits per heavy atom. The zero-order chi connectivity index (χ0) is 34.5. The fourth-order valence-electron chi connectivity index (χ4n) is 6.48. The van der Waals surface area contributed by atoms with Crippen LogP contribution in [0.5, 0.6) is 0 Å². The lowest BCUT2D eigenvalue weighted by Gasteiger charge is -2.37. The van der Waals surface area contributed by atoms with Gasteiger partial charge in [0.15, 0.2) is 11.6 Å². The largest absolute Gasteiger partial charge is 0.444 e. The van der Waals surface area contributed by atoms with Crippen LogP contribution in [-0.2, 0) is 38.5 Å². The number of amides is 2. The van der Waals surface area contributed by atoms with Gasteiger partial charge < -0.3 is 21.9 Å². The average molecular weight is 643 g/mol. The molecule has 0 aliphatic carbocycles. The highest BCUT2D eigenvalue weighted by atomic mass is 16.6. The average Bonchev–Trinajstić information content (AvgIpc) is 3.38. The number of Topliss-reactive ketones (excluding diaryl/α,β-unsaturated/α-hetero) is 2. The smallest absolute Gasteiger partial charge is 0.413 e. The van der Waals surface area contributed by atoms with E-state index in [4.69, 9.17) is 21.9 Å². The summed E-state index contributed by atoms with van der Waals surface area (Å²) >= 11 is 0. The Bertz CT molecular complexity index is 1520. The third kappa shape index (κ3) is 8.29. The van der Waals surface area contributed by atoms with Crippen LogP contribution in [0.1, 0.15) is 55.1 Å². The van der Waals surface area contributed by atoms with Crippen molar-refractivity contribution in [2.45, 2.75) is 84.2 Å². The van der Waals surface area contributed by atoms with Crippen LogP contribution in [0.25, 0.3) is 0 Å². The Labute approximate surface area is 276 Å². The van der Waals surface area contributed by atoms with Gasteiger partial charge in [0, 0.05) is 18.8 Å². The van der Waals surface area contributed by atoms with Gasteiger partial charge in [-0.1, -0.05) is 60.7 Å². The van der Waals surface area contributed by atoms with E-state index < -0.39 is 52.7 Å². The molecule has 4 rings (SSSR count). The van der Waals surface area contributed by atoms with Crippen LogP contribution in [0, 0.1) is 19.3 Å². The first-order valence-electron chi connectivity index (χ1n) is 15.8. The first-order valence-corrected chi connectivity index (χ1v) is 15.8. The van der Waals surface area contributed by atoms with Crippen molar-refractivity contribution in [2.75, 3.05) is 11.9 Å². The summed E-state index contributed by atoms with van der Waals surface area (Å²) < 4.78 is 5.35. The number of pyridine rings is 1. The van der Waals surface area contributed by atoms with Gasteiger partial charge in [-0.05, 0) is 82.2 Å². The first kappa shape index (κ1) is 35.4. The lowest BCUT2D eigenvalue weighted by molar-refractivity contribution is -0.148. The summed E-state index contributed by atoms with van der Waals surface area (Å²) in [6, 6.07) is 16.8. The molecular weight excluding hydrogens is 596 g/mol. The Balaban J connectivity index is 1.68. The Morgan fingerprint density at radius 1 is 0.936 bits per heavy atom. The molecule has 3 atom stereocenters. The second-order valence-electron chi connectivity index (χ2n) is 13.3. The van der Waals surface area contributed by atoms with Crippen molar-refractivity contribution < 1.29 is 23.9 Å². The molecule has 11 heteroatoms. The number of aromatic nitrogens is 1. The number of carbonyl (C=O) groups is 4. The molecule has 0 bridgehead atoms. The second-order valence-corrected chi connectivity index (χ2v) is 13.3. The van der Waals surface area contributed by atoms with Crippen molar-refractivity contribution in [1.82, 2.24) is 9.88 Å². The maximum Gasteiger partial charge on any atom is 0.413 e. The predicted octanol–water partition coefficient (Wildman–Crippen LogP) is 3.37. The number of nitrogens with zero attached hydrogens (tertiary/aromatic N) is 2. The van der Waals surface area contributed by atoms with Crippen molar-refractivity contribution in [3.8, 4) is 0 Å². The maximum absolute atomic E-state index is 14.5. The van der Waals surface area contributed by atoms with Gasteiger partial charge in [0.1, 0.15) is 22.9 Å². The van der Waals surface area contributed by atoms with Crippen LogP contribution < -0.4 is 22.5 Å². The summed E-state index contributed by atoms with van der Waals surface area (Å²) in [6.45, 7) is 9.34. The van der Waals surface area contributed by atoms with E-state index in [2.05, 4.69) is 10.3 Å². The molecule has 1 aliphatic rings. The van der Waals surface area contributed by atoms with Crippen LogP contribution in [0.4, 0.5) is 10.6 Å². The van der Waals surface area contributed by atoms with Gasteiger partial charge >= 0.3 is 6.09 Å². The lowest BCUT2D eigenvalue weighted by atomic mass is 9.67. The van der Waals surface area contributed by atoms with E-state index in [1.807, 2.05) is 67.6 Å². The maximum atomic E-state index is 14.5. The number of hydrogen-bond acceptors (Lipinski definition) is 9.